The summed E-state index contributed by atoms with van der Waals surface area (Å²) in [5, 5.41) is 4.28. The number of aromatic nitrogens is 2. The van der Waals surface area contributed by atoms with Crippen LogP contribution in [0.4, 0.5) is 0 Å². The molecule has 0 N–H and O–H groups in total. The second-order valence-corrected chi connectivity index (χ2v) is 8.20. The summed E-state index contributed by atoms with van der Waals surface area (Å²) in [5.41, 5.74) is 2.51. The first-order chi connectivity index (χ1) is 14.6. The molecular formula is C23H24BrN3O3. The summed E-state index contributed by atoms with van der Waals surface area (Å²) < 4.78 is 14.0. The fraction of sp³-hybridized carbons (Fsp3) is 0.304. The molecule has 1 saturated heterocycles. The number of para-hydroxylation sites is 1. The Morgan fingerprint density at radius 1 is 1.27 bits per heavy atom. The van der Waals surface area contributed by atoms with Gasteiger partial charge in [0.25, 0.3) is 5.91 Å². The van der Waals surface area contributed by atoms with Crippen LogP contribution in [0.1, 0.15) is 28.8 Å². The first-order valence-electron chi connectivity index (χ1n) is 9.97. The van der Waals surface area contributed by atoms with Crippen molar-refractivity contribution in [2.75, 3.05) is 20.3 Å². The average molecular weight is 470 g/mol. The summed E-state index contributed by atoms with van der Waals surface area (Å²) in [5.74, 6) is 0.756. The average Bonchev–Trinajstić information content (AvgIpc) is 3.45. The highest BCUT2D eigenvalue weighted by Crippen LogP contribution is 2.23. The molecule has 3 aromatic rings. The lowest BCUT2D eigenvalue weighted by Crippen LogP contribution is -2.37. The lowest BCUT2D eigenvalue weighted by atomic mass is 10.1. The lowest BCUT2D eigenvalue weighted by Gasteiger charge is -2.26. The van der Waals surface area contributed by atoms with Crippen LogP contribution in [-0.4, -0.2) is 47.0 Å². The third kappa shape index (κ3) is 4.74. The van der Waals surface area contributed by atoms with Crippen LogP contribution in [0.3, 0.4) is 0 Å². The molecule has 1 aliphatic rings. The normalized spacial score (nSPS) is 15.9. The number of hydrogen-bond acceptors (Lipinski definition) is 4. The number of nitrogens with zero attached hydrogens (tertiary/aromatic N) is 3. The number of halogens is 1. The van der Waals surface area contributed by atoms with E-state index in [2.05, 4.69) is 21.0 Å². The van der Waals surface area contributed by atoms with Crippen LogP contribution in [0.5, 0.6) is 5.75 Å². The molecule has 1 unspecified atom stereocenters. The molecule has 0 bridgehead atoms. The van der Waals surface area contributed by atoms with Crippen molar-refractivity contribution in [2.24, 2.45) is 0 Å². The number of hydrogen-bond donors (Lipinski definition) is 0. The van der Waals surface area contributed by atoms with E-state index in [1.165, 1.54) is 0 Å². The first-order valence-corrected chi connectivity index (χ1v) is 10.8. The first kappa shape index (κ1) is 20.6. The Labute approximate surface area is 184 Å². The van der Waals surface area contributed by atoms with Crippen LogP contribution in [0.2, 0.25) is 0 Å². The van der Waals surface area contributed by atoms with Crippen molar-refractivity contribution in [3.8, 4) is 11.4 Å². The number of rotatable bonds is 7. The van der Waals surface area contributed by atoms with E-state index < -0.39 is 0 Å². The van der Waals surface area contributed by atoms with Crippen LogP contribution in [0.15, 0.2) is 65.4 Å². The van der Waals surface area contributed by atoms with Crippen LogP contribution >= 0.6 is 15.9 Å². The van der Waals surface area contributed by atoms with Crippen molar-refractivity contribution in [2.45, 2.75) is 25.5 Å². The summed E-state index contributed by atoms with van der Waals surface area (Å²) in [4.78, 5) is 15.2. The summed E-state index contributed by atoms with van der Waals surface area (Å²) in [6.07, 6.45) is 5.69. The van der Waals surface area contributed by atoms with E-state index in [-0.39, 0.29) is 12.0 Å². The minimum Gasteiger partial charge on any atom is -0.496 e. The largest absolute Gasteiger partial charge is 0.496 e. The molecule has 0 aliphatic carbocycles. The van der Waals surface area contributed by atoms with Gasteiger partial charge < -0.3 is 14.4 Å². The van der Waals surface area contributed by atoms with Gasteiger partial charge in [-0.1, -0.05) is 18.2 Å². The van der Waals surface area contributed by atoms with Crippen molar-refractivity contribution in [1.82, 2.24) is 14.7 Å². The summed E-state index contributed by atoms with van der Waals surface area (Å²) in [7, 11) is 1.65. The fourth-order valence-corrected chi connectivity index (χ4v) is 3.96. The molecule has 1 amide bonds. The molecular weight excluding hydrogens is 446 g/mol. The maximum Gasteiger partial charge on any atom is 0.254 e. The van der Waals surface area contributed by atoms with E-state index >= 15 is 0 Å². The minimum absolute atomic E-state index is 0.0235. The SMILES string of the molecule is COc1ccccc1CN(CC1CCCO1)C(=O)c1ccc(-n2cc(Br)cn2)cc1. The molecule has 7 heteroatoms. The van der Waals surface area contributed by atoms with E-state index in [1.807, 2.05) is 59.6 Å². The molecule has 1 aromatic heterocycles. The van der Waals surface area contributed by atoms with Crippen molar-refractivity contribution in [3.05, 3.63) is 76.5 Å². The molecule has 0 radical (unpaired) electrons. The standard InChI is InChI=1S/C23H24BrN3O3/c1-29-22-7-3-2-5-18(22)14-26(16-21-6-4-12-30-21)23(28)17-8-10-20(11-9-17)27-15-19(24)13-25-27/h2-3,5,7-11,13,15,21H,4,6,12,14,16H2,1H3. The van der Waals surface area contributed by atoms with E-state index in [9.17, 15) is 4.79 Å². The number of ether oxygens (including phenoxy) is 2. The van der Waals surface area contributed by atoms with Crippen molar-refractivity contribution in [3.63, 3.8) is 0 Å². The molecule has 1 atom stereocenters. The molecule has 4 rings (SSSR count). The maximum atomic E-state index is 13.4. The number of carbonyl (C=O) groups is 1. The van der Waals surface area contributed by atoms with Gasteiger partial charge in [-0.05, 0) is 59.1 Å². The van der Waals surface area contributed by atoms with Gasteiger partial charge in [0.15, 0.2) is 0 Å². The topological polar surface area (TPSA) is 56.6 Å². The summed E-state index contributed by atoms with van der Waals surface area (Å²) >= 11 is 3.40. The zero-order chi connectivity index (χ0) is 20.9. The Balaban J connectivity index is 1.56. The minimum atomic E-state index is -0.0235. The van der Waals surface area contributed by atoms with E-state index in [0.29, 0.717) is 18.7 Å². The molecule has 2 heterocycles. The van der Waals surface area contributed by atoms with Gasteiger partial charge in [-0.2, -0.15) is 5.10 Å². The van der Waals surface area contributed by atoms with Gasteiger partial charge in [0.2, 0.25) is 0 Å². The van der Waals surface area contributed by atoms with Gasteiger partial charge in [0.1, 0.15) is 5.75 Å². The van der Waals surface area contributed by atoms with E-state index in [1.54, 1.807) is 18.0 Å². The third-order valence-corrected chi connectivity index (χ3v) is 5.63. The predicted molar refractivity (Wildman–Crippen MR) is 118 cm³/mol. The molecule has 6 nitrogen and oxygen atoms in total. The summed E-state index contributed by atoms with van der Waals surface area (Å²) in [6, 6.07) is 15.3. The van der Waals surface area contributed by atoms with Crippen molar-refractivity contribution in [1.29, 1.82) is 0 Å². The molecule has 0 spiro atoms. The van der Waals surface area contributed by atoms with Gasteiger partial charge in [0.05, 0.1) is 29.6 Å². The van der Waals surface area contributed by atoms with Gasteiger partial charge in [0, 0.05) is 37.0 Å². The molecule has 2 aromatic carbocycles. The monoisotopic (exact) mass is 469 g/mol. The van der Waals surface area contributed by atoms with Crippen LogP contribution in [-0.2, 0) is 11.3 Å². The Morgan fingerprint density at radius 3 is 2.73 bits per heavy atom. The van der Waals surface area contributed by atoms with Crippen LogP contribution < -0.4 is 4.74 Å². The highest BCUT2D eigenvalue weighted by Gasteiger charge is 2.24. The maximum absolute atomic E-state index is 13.4. The predicted octanol–water partition coefficient (Wildman–Crippen LogP) is 4.46. The Morgan fingerprint density at radius 2 is 2.07 bits per heavy atom. The molecule has 1 fully saturated rings. The third-order valence-electron chi connectivity index (χ3n) is 5.22. The van der Waals surface area contributed by atoms with Gasteiger partial charge in [-0.25, -0.2) is 4.68 Å². The van der Waals surface area contributed by atoms with Gasteiger partial charge >= 0.3 is 0 Å². The number of benzene rings is 2. The van der Waals surface area contributed by atoms with Crippen LogP contribution in [0, 0.1) is 0 Å². The second-order valence-electron chi connectivity index (χ2n) is 7.28. The van der Waals surface area contributed by atoms with E-state index in [4.69, 9.17) is 9.47 Å². The zero-order valence-electron chi connectivity index (χ0n) is 16.8. The second kappa shape index (κ2) is 9.45. The quantitative estimate of drug-likeness (QED) is 0.512. The Bertz CT molecular complexity index is 997. The van der Waals surface area contributed by atoms with Gasteiger partial charge in [-0.3, -0.25) is 4.79 Å². The van der Waals surface area contributed by atoms with Crippen molar-refractivity contribution >= 4 is 21.8 Å². The lowest BCUT2D eigenvalue weighted by molar-refractivity contribution is 0.0505. The highest BCUT2D eigenvalue weighted by molar-refractivity contribution is 9.10. The number of carbonyl (C=O) groups excluding carboxylic acids is 1. The molecule has 156 valence electrons. The van der Waals surface area contributed by atoms with Crippen molar-refractivity contribution < 1.29 is 14.3 Å². The van der Waals surface area contributed by atoms with E-state index in [0.717, 1.165) is 40.9 Å². The molecule has 1 aliphatic heterocycles. The fourth-order valence-electron chi connectivity index (χ4n) is 3.67. The smallest absolute Gasteiger partial charge is 0.254 e. The molecule has 30 heavy (non-hydrogen) atoms. The molecule has 0 saturated carbocycles. The highest BCUT2D eigenvalue weighted by atomic mass is 79.9. The number of methoxy groups -OCH3 is 1. The Hall–Kier alpha value is -2.64. The zero-order valence-corrected chi connectivity index (χ0v) is 18.4. The van der Waals surface area contributed by atoms with Gasteiger partial charge in [-0.15, -0.1) is 0 Å². The van der Waals surface area contributed by atoms with Crippen LogP contribution in [0.25, 0.3) is 5.69 Å². The Kier molecular flexibility index (Phi) is 6.50. The summed E-state index contributed by atoms with van der Waals surface area (Å²) in [6.45, 7) is 1.79. The number of amides is 1.